The smallest absolute Gasteiger partial charge is 0.407 e. The lowest BCUT2D eigenvalue weighted by atomic mass is 9.95. The SMILES string of the molecule is CC(=O)OCC1O[C@@H](OCCCC[C@H](NC(=O)OCC2c3ccccc3-c3ccccc32)C(=O)O)C(OC(C)=O)[C@@H](OC(C)=O)[C@@H]1O[C@@H]1OC(COC(C)=O)[C@H](O[C@H]2OC(COC(C)=O)[C@H](OC(C)=O)[C@H](OC(C)=O)C2OC(C)=O)[C@H](OC(C)=O)C1OC(C)=O. The van der Waals surface area contributed by atoms with Gasteiger partial charge in [0.05, 0.1) is 0 Å². The van der Waals surface area contributed by atoms with Crippen LogP contribution in [0.4, 0.5) is 4.79 Å². The Morgan fingerprint density at radius 1 is 0.411 bits per heavy atom. The third-order valence-corrected chi connectivity index (χ3v) is 13.9. The van der Waals surface area contributed by atoms with Crippen LogP contribution in [0, 0.1) is 0 Å². The molecular weight excluding hydrogens is 1200 g/mol. The number of ether oxygens (including phenoxy) is 17. The molecule has 90 heavy (non-hydrogen) atoms. The number of unbranched alkanes of at least 4 members (excludes halogenated alkanes) is 1. The van der Waals surface area contributed by atoms with Gasteiger partial charge in [0.2, 0.25) is 0 Å². The van der Waals surface area contributed by atoms with E-state index in [0.717, 1.165) is 91.5 Å². The number of nitrogens with one attached hydrogen (secondary N) is 1. The van der Waals surface area contributed by atoms with Crippen molar-refractivity contribution in [3.8, 4) is 11.1 Å². The molecule has 0 radical (unpaired) electrons. The summed E-state index contributed by atoms with van der Waals surface area (Å²) in [5.41, 5.74) is 3.89. The highest BCUT2D eigenvalue weighted by atomic mass is 16.8. The number of carbonyl (C=O) groups excluding carboxylic acids is 11. The van der Waals surface area contributed by atoms with E-state index < -0.39 is 190 Å². The number of carboxylic acid groups (broad SMARTS) is 1. The fraction of sp³-hybridized carbons (Fsp3) is 0.593. The Labute approximate surface area is 515 Å². The first-order valence-electron chi connectivity index (χ1n) is 28.5. The molecule has 31 heteroatoms. The van der Waals surface area contributed by atoms with E-state index in [4.69, 9.17) is 80.5 Å². The van der Waals surface area contributed by atoms with E-state index in [1.807, 2.05) is 48.5 Å². The van der Waals surface area contributed by atoms with Gasteiger partial charge in [-0.1, -0.05) is 48.5 Å². The first kappa shape index (κ1) is 70.7. The van der Waals surface area contributed by atoms with Gasteiger partial charge < -0.3 is 90.9 Å². The predicted octanol–water partition coefficient (Wildman–Crippen LogP) is 2.32. The first-order valence-corrected chi connectivity index (χ1v) is 28.5. The summed E-state index contributed by atoms with van der Waals surface area (Å²) in [6, 6.07) is 13.9. The average molecular weight is 1280 g/mol. The Kier molecular flexibility index (Phi) is 25.9. The normalized spacial score (nSPS) is 27.1. The Bertz CT molecular complexity index is 2890. The molecule has 2 aromatic rings. The number of aliphatic carboxylic acids is 1. The van der Waals surface area contributed by atoms with Crippen LogP contribution in [-0.2, 0) is 133 Å². The molecule has 3 heterocycles. The zero-order chi connectivity index (χ0) is 66.1. The molecule has 2 aromatic carbocycles. The van der Waals surface area contributed by atoms with Crippen LogP contribution in [-0.4, -0.2) is 208 Å². The number of fused-ring (bicyclic) bond motifs is 3. The molecule has 4 aliphatic rings. The molecule has 1 aliphatic carbocycles. The number of esters is 10. The number of carboxylic acids is 1. The quantitative estimate of drug-likeness (QED) is 0.0736. The van der Waals surface area contributed by atoms with Crippen LogP contribution in [0.3, 0.4) is 0 Å². The molecular formula is C59H73NO30. The van der Waals surface area contributed by atoms with Crippen molar-refractivity contribution < 1.29 is 143 Å². The summed E-state index contributed by atoms with van der Waals surface area (Å²) >= 11 is 0. The fourth-order valence-corrected chi connectivity index (χ4v) is 10.6. The minimum atomic E-state index is -2.10. The first-order chi connectivity index (χ1) is 42.6. The third kappa shape index (κ3) is 19.8. The molecule has 6 rings (SSSR count). The average Bonchev–Trinajstić information content (AvgIpc) is 0.996. The number of rotatable bonds is 27. The lowest BCUT2D eigenvalue weighted by Gasteiger charge is -2.50. The topological polar surface area (TPSA) is 394 Å². The van der Waals surface area contributed by atoms with Crippen molar-refractivity contribution in [2.75, 3.05) is 33.0 Å². The lowest BCUT2D eigenvalue weighted by molar-refractivity contribution is -0.380. The van der Waals surface area contributed by atoms with Gasteiger partial charge in [0.25, 0.3) is 0 Å². The van der Waals surface area contributed by atoms with Crippen molar-refractivity contribution >= 4 is 71.8 Å². The van der Waals surface area contributed by atoms with Crippen LogP contribution in [0.1, 0.15) is 106 Å². The Balaban J connectivity index is 1.28. The second kappa shape index (κ2) is 32.9. The number of amides is 1. The molecule has 31 nitrogen and oxygen atoms in total. The van der Waals surface area contributed by atoms with E-state index in [0.29, 0.717) is 0 Å². The van der Waals surface area contributed by atoms with Crippen molar-refractivity contribution in [2.45, 2.75) is 193 Å². The lowest BCUT2D eigenvalue weighted by Crippen LogP contribution is -2.69. The minimum Gasteiger partial charge on any atom is -0.480 e. The third-order valence-electron chi connectivity index (χ3n) is 13.9. The minimum absolute atomic E-state index is 0.0671. The van der Waals surface area contributed by atoms with Gasteiger partial charge in [-0.3, -0.25) is 47.9 Å². The van der Waals surface area contributed by atoms with Crippen LogP contribution < -0.4 is 5.32 Å². The second-order valence-corrected chi connectivity index (χ2v) is 21.0. The summed E-state index contributed by atoms with van der Waals surface area (Å²) in [6.45, 7) is 7.18. The molecule has 3 fully saturated rings. The molecule has 3 saturated heterocycles. The molecule has 0 spiro atoms. The van der Waals surface area contributed by atoms with Crippen LogP contribution in [0.5, 0.6) is 0 Å². The Morgan fingerprint density at radius 2 is 0.756 bits per heavy atom. The molecule has 1 amide bonds. The van der Waals surface area contributed by atoms with Gasteiger partial charge in [-0.25, -0.2) is 9.59 Å². The second-order valence-electron chi connectivity index (χ2n) is 21.0. The van der Waals surface area contributed by atoms with E-state index in [9.17, 15) is 62.6 Å². The largest absolute Gasteiger partial charge is 0.480 e. The molecule has 494 valence electrons. The summed E-state index contributed by atoms with van der Waals surface area (Å²) in [6.07, 6.45) is -28.5. The van der Waals surface area contributed by atoms with E-state index in [2.05, 4.69) is 5.32 Å². The molecule has 6 unspecified atom stereocenters. The van der Waals surface area contributed by atoms with Gasteiger partial charge in [-0.15, -0.1) is 0 Å². The van der Waals surface area contributed by atoms with Crippen molar-refractivity contribution in [1.82, 2.24) is 5.32 Å². The summed E-state index contributed by atoms with van der Waals surface area (Å²) in [7, 11) is 0. The van der Waals surface area contributed by atoms with Crippen molar-refractivity contribution in [2.24, 2.45) is 0 Å². The van der Waals surface area contributed by atoms with Gasteiger partial charge in [-0.2, -0.15) is 0 Å². The number of alkyl carbamates (subject to hydrolysis) is 1. The van der Waals surface area contributed by atoms with Gasteiger partial charge in [0, 0.05) is 81.8 Å². The van der Waals surface area contributed by atoms with Crippen molar-refractivity contribution in [1.29, 1.82) is 0 Å². The maximum atomic E-state index is 13.2. The Morgan fingerprint density at radius 3 is 1.14 bits per heavy atom. The molecule has 0 bridgehead atoms. The standard InChI is InChI=1S/C59H73NO30/c1-27(61)75-24-43-46(79-30(4)64)49(80-31(5)65)53(84-35(9)69)57(87-43)90-48-45(26-77-29(3)63)88-58(54(85-36(10)70)51(48)82-33(7)67)89-47-44(25-76-28(2)62)86-56(52(83-34(8)68)50(47)81-32(6)66)74-22-16-15-21-42(55(71)72)60-59(73)78-23-41-39-19-13-11-17-37(39)38-18-12-14-20-40(38)41/h11-14,17-20,41-54,56-58H,15-16,21-26H2,1-10H3,(H,60,73)(H,71,72)/t42-,43?,44?,45?,46-,47+,48-,49-,50-,51-,52?,53?,54?,56+,57+,58-/m0/s1. The summed E-state index contributed by atoms with van der Waals surface area (Å²) in [5, 5.41) is 12.5. The van der Waals surface area contributed by atoms with Crippen molar-refractivity contribution in [3.63, 3.8) is 0 Å². The summed E-state index contributed by atoms with van der Waals surface area (Å²) < 4.78 is 98.9. The van der Waals surface area contributed by atoms with Gasteiger partial charge in [0.1, 0.15) is 63.0 Å². The van der Waals surface area contributed by atoms with Gasteiger partial charge in [0.15, 0.2) is 61.6 Å². The maximum Gasteiger partial charge on any atom is 0.407 e. The molecule has 0 saturated carbocycles. The highest BCUT2D eigenvalue weighted by Crippen LogP contribution is 2.45. The molecule has 2 N–H and O–H groups in total. The highest BCUT2D eigenvalue weighted by Gasteiger charge is 2.60. The zero-order valence-corrected chi connectivity index (χ0v) is 50.9. The zero-order valence-electron chi connectivity index (χ0n) is 50.9. The number of hydrogen-bond donors (Lipinski definition) is 2. The summed E-state index contributed by atoms with van der Waals surface area (Å²) in [5.74, 6) is -11.5. The number of carbonyl (C=O) groups is 12. The number of benzene rings is 2. The molecule has 0 aromatic heterocycles. The highest BCUT2D eigenvalue weighted by molar-refractivity contribution is 5.81. The monoisotopic (exact) mass is 1280 g/mol. The predicted molar refractivity (Wildman–Crippen MR) is 294 cm³/mol. The van der Waals surface area contributed by atoms with Crippen LogP contribution >= 0.6 is 0 Å². The maximum absolute atomic E-state index is 13.2. The van der Waals surface area contributed by atoms with Crippen LogP contribution in [0.15, 0.2) is 48.5 Å². The molecule has 3 aliphatic heterocycles. The van der Waals surface area contributed by atoms with Crippen LogP contribution in [0.2, 0.25) is 0 Å². The van der Waals surface area contributed by atoms with Gasteiger partial charge in [-0.05, 0) is 41.5 Å². The van der Waals surface area contributed by atoms with Crippen molar-refractivity contribution in [3.05, 3.63) is 59.7 Å². The van der Waals surface area contributed by atoms with E-state index in [1.54, 1.807) is 0 Å². The van der Waals surface area contributed by atoms with E-state index in [-0.39, 0.29) is 38.4 Å². The number of hydrogen-bond acceptors (Lipinski definition) is 29. The van der Waals surface area contributed by atoms with Crippen LogP contribution in [0.25, 0.3) is 11.1 Å². The van der Waals surface area contributed by atoms with E-state index in [1.165, 1.54) is 0 Å². The van der Waals surface area contributed by atoms with Gasteiger partial charge >= 0.3 is 71.8 Å². The molecule has 16 atom stereocenters. The Hall–Kier alpha value is -8.36. The fourth-order valence-electron chi connectivity index (χ4n) is 10.6. The van der Waals surface area contributed by atoms with E-state index >= 15 is 0 Å². The summed E-state index contributed by atoms with van der Waals surface area (Å²) in [4.78, 5) is 153.